The number of rotatable bonds is 7. The number of hydrogen-bond acceptors (Lipinski definition) is 3. The molecule has 0 spiro atoms. The minimum atomic E-state index is 0.499. The normalized spacial score (nSPS) is 10.8. The topological polar surface area (TPSA) is 39.1 Å². The van der Waals surface area contributed by atoms with Gasteiger partial charge in [0.05, 0.1) is 18.2 Å². The van der Waals surface area contributed by atoms with Crippen molar-refractivity contribution in [2.24, 2.45) is 7.05 Å². The monoisotopic (exact) mass is 293 g/mol. The van der Waals surface area contributed by atoms with E-state index in [1.807, 2.05) is 36.0 Å². The second-order valence-electron chi connectivity index (χ2n) is 4.71. The zero-order valence-electron chi connectivity index (χ0n) is 11.9. The maximum atomic E-state index is 6.06. The van der Waals surface area contributed by atoms with Crippen LogP contribution in [0.3, 0.4) is 0 Å². The molecule has 0 aliphatic rings. The average Bonchev–Trinajstić information content (AvgIpc) is 2.84. The summed E-state index contributed by atoms with van der Waals surface area (Å²) in [5.41, 5.74) is 2.11. The molecule has 1 heterocycles. The Balaban J connectivity index is 2.04. The number of imidazole rings is 1. The van der Waals surface area contributed by atoms with Crippen molar-refractivity contribution >= 4 is 11.6 Å². The van der Waals surface area contributed by atoms with Crippen molar-refractivity contribution < 1.29 is 4.74 Å². The predicted molar refractivity (Wildman–Crippen MR) is 81.0 cm³/mol. The quantitative estimate of drug-likeness (QED) is 0.797. The van der Waals surface area contributed by atoms with E-state index in [4.69, 9.17) is 16.3 Å². The maximum absolute atomic E-state index is 6.06. The van der Waals surface area contributed by atoms with Crippen molar-refractivity contribution in [2.45, 2.75) is 26.5 Å². The molecule has 0 unspecified atom stereocenters. The number of aryl methyl sites for hydroxylation is 1. The number of nitrogens with one attached hydrogen (secondary N) is 1. The van der Waals surface area contributed by atoms with Crippen LogP contribution in [0.5, 0.6) is 5.75 Å². The van der Waals surface area contributed by atoms with Gasteiger partial charge in [-0.25, -0.2) is 4.98 Å². The summed E-state index contributed by atoms with van der Waals surface area (Å²) in [4.78, 5) is 4.08. The van der Waals surface area contributed by atoms with Crippen LogP contribution in [0, 0.1) is 0 Å². The Bertz CT molecular complexity index is 554. The molecule has 0 bridgehead atoms. The lowest BCUT2D eigenvalue weighted by atomic mass is 10.2. The third-order valence-electron chi connectivity index (χ3n) is 3.06. The van der Waals surface area contributed by atoms with Crippen molar-refractivity contribution in [1.29, 1.82) is 0 Å². The Kier molecular flexibility index (Phi) is 5.44. The summed E-state index contributed by atoms with van der Waals surface area (Å²) in [5.74, 6) is 0.860. The summed E-state index contributed by atoms with van der Waals surface area (Å²) in [6, 6.07) is 5.72. The molecule has 5 heteroatoms. The fraction of sp³-hybridized carbons (Fsp3) is 0.400. The summed E-state index contributed by atoms with van der Waals surface area (Å²) in [6.45, 7) is 4.38. The number of nitrogens with zero attached hydrogens (tertiary/aromatic N) is 2. The van der Waals surface area contributed by atoms with Gasteiger partial charge in [0.15, 0.2) is 0 Å². The molecule has 0 saturated carbocycles. The second-order valence-corrected chi connectivity index (χ2v) is 5.15. The highest BCUT2D eigenvalue weighted by atomic mass is 35.5. The molecule has 0 fully saturated rings. The summed E-state index contributed by atoms with van der Waals surface area (Å²) >= 11 is 6.06. The van der Waals surface area contributed by atoms with Crippen LogP contribution in [0.4, 0.5) is 0 Å². The van der Waals surface area contributed by atoms with E-state index >= 15 is 0 Å². The van der Waals surface area contributed by atoms with Crippen molar-refractivity contribution in [1.82, 2.24) is 14.9 Å². The standard InChI is InChI=1S/C15H20ClN3O/c1-3-6-17-8-12-7-13(16)4-5-15(12)20-10-14-9-18-11-19(14)2/h4-5,7,9,11,17H,3,6,8,10H2,1-2H3. The molecule has 0 aliphatic carbocycles. The smallest absolute Gasteiger partial charge is 0.130 e. The number of hydrogen-bond donors (Lipinski definition) is 1. The summed E-state index contributed by atoms with van der Waals surface area (Å²) in [5, 5.41) is 4.10. The van der Waals surface area contributed by atoms with Crippen LogP contribution in [-0.2, 0) is 20.2 Å². The largest absolute Gasteiger partial charge is 0.487 e. The highest BCUT2D eigenvalue weighted by Crippen LogP contribution is 2.23. The Morgan fingerprint density at radius 2 is 2.25 bits per heavy atom. The van der Waals surface area contributed by atoms with Gasteiger partial charge < -0.3 is 14.6 Å². The van der Waals surface area contributed by atoms with E-state index in [0.29, 0.717) is 6.61 Å². The van der Waals surface area contributed by atoms with E-state index in [0.717, 1.165) is 41.5 Å². The Hall–Kier alpha value is -1.52. The molecule has 4 nitrogen and oxygen atoms in total. The molecule has 0 atom stereocenters. The van der Waals surface area contributed by atoms with Gasteiger partial charge in [-0.1, -0.05) is 18.5 Å². The number of ether oxygens (including phenoxy) is 1. The fourth-order valence-electron chi connectivity index (χ4n) is 1.90. The molecule has 1 aromatic carbocycles. The van der Waals surface area contributed by atoms with Crippen LogP contribution in [0.1, 0.15) is 24.6 Å². The number of benzene rings is 1. The minimum absolute atomic E-state index is 0.499. The molecule has 2 rings (SSSR count). The van der Waals surface area contributed by atoms with Crippen molar-refractivity contribution in [3.63, 3.8) is 0 Å². The summed E-state index contributed by atoms with van der Waals surface area (Å²) in [7, 11) is 1.96. The Morgan fingerprint density at radius 3 is 2.95 bits per heavy atom. The van der Waals surface area contributed by atoms with E-state index in [-0.39, 0.29) is 0 Å². The SMILES string of the molecule is CCCNCc1cc(Cl)ccc1OCc1cncn1C. The first-order valence-electron chi connectivity index (χ1n) is 6.78. The van der Waals surface area contributed by atoms with Crippen molar-refractivity contribution in [3.05, 3.63) is 47.0 Å². The van der Waals surface area contributed by atoms with Crippen molar-refractivity contribution in [3.8, 4) is 5.75 Å². The van der Waals surface area contributed by atoms with Gasteiger partial charge in [0.25, 0.3) is 0 Å². The van der Waals surface area contributed by atoms with E-state index in [9.17, 15) is 0 Å². The average molecular weight is 294 g/mol. The van der Waals surface area contributed by atoms with Gasteiger partial charge in [-0.05, 0) is 31.2 Å². The first-order chi connectivity index (χ1) is 9.70. The predicted octanol–water partition coefficient (Wildman–Crippen LogP) is 3.15. The lowest BCUT2D eigenvalue weighted by Crippen LogP contribution is -2.14. The highest BCUT2D eigenvalue weighted by molar-refractivity contribution is 6.30. The molecule has 2 aromatic rings. The van der Waals surface area contributed by atoms with E-state index in [1.165, 1.54) is 0 Å². The third kappa shape index (κ3) is 3.99. The Morgan fingerprint density at radius 1 is 1.40 bits per heavy atom. The van der Waals surface area contributed by atoms with Gasteiger partial charge in [0.1, 0.15) is 12.4 Å². The fourth-order valence-corrected chi connectivity index (χ4v) is 2.10. The molecule has 1 aromatic heterocycles. The van der Waals surface area contributed by atoms with E-state index < -0.39 is 0 Å². The Labute approximate surface area is 124 Å². The van der Waals surface area contributed by atoms with Crippen LogP contribution in [0.2, 0.25) is 5.02 Å². The molecule has 0 radical (unpaired) electrons. The van der Waals surface area contributed by atoms with Gasteiger partial charge in [0, 0.05) is 24.2 Å². The first kappa shape index (κ1) is 14.9. The molecular weight excluding hydrogens is 274 g/mol. The highest BCUT2D eigenvalue weighted by Gasteiger charge is 2.06. The number of halogens is 1. The first-order valence-corrected chi connectivity index (χ1v) is 7.15. The molecule has 0 saturated heterocycles. The molecular formula is C15H20ClN3O. The van der Waals surface area contributed by atoms with Gasteiger partial charge >= 0.3 is 0 Å². The van der Waals surface area contributed by atoms with Gasteiger partial charge in [-0.2, -0.15) is 0 Å². The minimum Gasteiger partial charge on any atom is -0.487 e. The maximum Gasteiger partial charge on any atom is 0.130 e. The van der Waals surface area contributed by atoms with E-state index in [2.05, 4.69) is 17.2 Å². The van der Waals surface area contributed by atoms with Crippen LogP contribution >= 0.6 is 11.6 Å². The molecule has 0 aliphatic heterocycles. The van der Waals surface area contributed by atoms with Crippen LogP contribution < -0.4 is 10.1 Å². The zero-order chi connectivity index (χ0) is 14.4. The molecule has 0 amide bonds. The van der Waals surface area contributed by atoms with Crippen molar-refractivity contribution in [2.75, 3.05) is 6.54 Å². The zero-order valence-corrected chi connectivity index (χ0v) is 12.7. The van der Waals surface area contributed by atoms with Gasteiger partial charge in [-0.3, -0.25) is 0 Å². The van der Waals surface area contributed by atoms with Gasteiger partial charge in [0.2, 0.25) is 0 Å². The summed E-state index contributed by atoms with van der Waals surface area (Å²) < 4.78 is 7.84. The number of aromatic nitrogens is 2. The molecule has 20 heavy (non-hydrogen) atoms. The van der Waals surface area contributed by atoms with Crippen LogP contribution in [-0.4, -0.2) is 16.1 Å². The lowest BCUT2D eigenvalue weighted by molar-refractivity contribution is 0.293. The third-order valence-corrected chi connectivity index (χ3v) is 3.29. The lowest BCUT2D eigenvalue weighted by Gasteiger charge is -2.12. The van der Waals surface area contributed by atoms with Gasteiger partial charge in [-0.15, -0.1) is 0 Å². The van der Waals surface area contributed by atoms with Crippen LogP contribution in [0.25, 0.3) is 0 Å². The molecule has 108 valence electrons. The van der Waals surface area contributed by atoms with E-state index in [1.54, 1.807) is 6.33 Å². The molecule has 1 N–H and O–H groups in total. The van der Waals surface area contributed by atoms with Crippen LogP contribution in [0.15, 0.2) is 30.7 Å². The second kappa shape index (κ2) is 7.31. The summed E-state index contributed by atoms with van der Waals surface area (Å²) in [6.07, 6.45) is 4.68.